The molecule has 0 N–H and O–H groups in total. The van der Waals surface area contributed by atoms with Gasteiger partial charge >= 0.3 is 0 Å². The topological polar surface area (TPSA) is 28.5 Å². The molecule has 0 bridgehead atoms. The van der Waals surface area contributed by atoms with Gasteiger partial charge in [-0.3, -0.25) is 5.01 Å². The summed E-state index contributed by atoms with van der Waals surface area (Å²) in [7, 11) is 0. The number of aromatic nitrogens is 1. The van der Waals surface area contributed by atoms with Crippen LogP contribution in [-0.4, -0.2) is 28.8 Å². The molecule has 22 heavy (non-hydrogen) atoms. The van der Waals surface area contributed by atoms with Gasteiger partial charge in [-0.25, -0.2) is 4.98 Å². The molecule has 1 saturated heterocycles. The minimum Gasteiger partial charge on any atom is -0.297 e. The minimum atomic E-state index is 1.09. The summed E-state index contributed by atoms with van der Waals surface area (Å²) in [6.07, 6.45) is 7.28. The Balaban J connectivity index is 1.66. The van der Waals surface area contributed by atoms with Crippen molar-refractivity contribution in [2.75, 3.05) is 13.1 Å². The average molecular weight is 311 g/mol. The van der Waals surface area contributed by atoms with Gasteiger partial charge in [-0.15, -0.1) is 11.3 Å². The predicted molar refractivity (Wildman–Crippen MR) is 92.4 cm³/mol. The number of fused-ring (bicyclic) bond motifs is 1. The summed E-state index contributed by atoms with van der Waals surface area (Å²) in [6.45, 7) is 2.23. The lowest BCUT2D eigenvalue weighted by Gasteiger charge is -2.25. The molecular weight excluding hydrogens is 290 g/mol. The van der Waals surface area contributed by atoms with Gasteiger partial charge in [-0.05, 0) is 38.5 Å². The van der Waals surface area contributed by atoms with Crippen LogP contribution >= 0.6 is 11.3 Å². The van der Waals surface area contributed by atoms with Gasteiger partial charge < -0.3 is 0 Å². The number of piperidine rings is 1. The molecule has 0 unspecified atom stereocenters. The molecule has 3 nitrogen and oxygen atoms in total. The molecule has 4 heteroatoms. The van der Waals surface area contributed by atoms with Crippen molar-refractivity contribution in [3.8, 4) is 10.6 Å². The Labute approximate surface area is 135 Å². The van der Waals surface area contributed by atoms with Gasteiger partial charge in [0.05, 0.1) is 16.3 Å². The SMILES string of the molecule is c1ccc(-c2nc3c(s2)/C(=N\N2CCCCC2)CCC3)cc1. The van der Waals surface area contributed by atoms with Crippen LogP contribution in [0.2, 0.25) is 0 Å². The molecule has 0 radical (unpaired) electrons. The maximum absolute atomic E-state index is 4.96. The molecule has 0 atom stereocenters. The number of hydrazone groups is 1. The summed E-state index contributed by atoms with van der Waals surface area (Å²) >= 11 is 1.82. The number of rotatable bonds is 2. The fourth-order valence-electron chi connectivity index (χ4n) is 3.23. The molecular formula is C18H21N3S. The largest absolute Gasteiger partial charge is 0.297 e. The number of thiazole rings is 1. The van der Waals surface area contributed by atoms with Crippen LogP contribution in [0.5, 0.6) is 0 Å². The molecule has 114 valence electrons. The van der Waals surface area contributed by atoms with Crippen LogP contribution < -0.4 is 0 Å². The van der Waals surface area contributed by atoms with E-state index in [1.807, 2.05) is 11.3 Å². The Hall–Kier alpha value is -1.68. The summed E-state index contributed by atoms with van der Waals surface area (Å²) in [5.74, 6) is 0. The van der Waals surface area contributed by atoms with Crippen LogP contribution in [0.25, 0.3) is 10.6 Å². The molecule has 0 saturated carbocycles. The molecule has 2 heterocycles. The molecule has 2 aromatic rings. The Kier molecular flexibility index (Phi) is 3.94. The first-order chi connectivity index (χ1) is 10.9. The van der Waals surface area contributed by atoms with E-state index in [1.54, 1.807) is 0 Å². The van der Waals surface area contributed by atoms with Crippen molar-refractivity contribution in [2.45, 2.75) is 38.5 Å². The van der Waals surface area contributed by atoms with Crippen LogP contribution in [0, 0.1) is 0 Å². The monoisotopic (exact) mass is 311 g/mol. The molecule has 1 aliphatic carbocycles. The highest BCUT2D eigenvalue weighted by Gasteiger charge is 2.22. The fraction of sp³-hybridized carbons (Fsp3) is 0.444. The summed E-state index contributed by atoms with van der Waals surface area (Å²) in [5, 5.41) is 8.38. The quantitative estimate of drug-likeness (QED) is 0.825. The van der Waals surface area contributed by atoms with Gasteiger partial charge in [0.25, 0.3) is 0 Å². The molecule has 0 amide bonds. The zero-order valence-corrected chi connectivity index (χ0v) is 13.6. The van der Waals surface area contributed by atoms with Crippen molar-refractivity contribution in [2.24, 2.45) is 5.10 Å². The van der Waals surface area contributed by atoms with Crippen LogP contribution in [0.1, 0.15) is 42.7 Å². The summed E-state index contributed by atoms with van der Waals surface area (Å²) in [5.41, 5.74) is 3.74. The maximum Gasteiger partial charge on any atom is 0.124 e. The Bertz CT molecular complexity index is 669. The van der Waals surface area contributed by atoms with E-state index in [9.17, 15) is 0 Å². The lowest BCUT2D eigenvalue weighted by Crippen LogP contribution is -2.27. The molecule has 1 fully saturated rings. The van der Waals surface area contributed by atoms with Gasteiger partial charge in [0.2, 0.25) is 0 Å². The smallest absolute Gasteiger partial charge is 0.124 e. The molecule has 1 aliphatic heterocycles. The highest BCUT2D eigenvalue weighted by molar-refractivity contribution is 7.17. The third-order valence-corrected chi connectivity index (χ3v) is 5.60. The first kappa shape index (κ1) is 13.9. The van der Waals surface area contributed by atoms with Crippen molar-refractivity contribution in [3.63, 3.8) is 0 Å². The Morgan fingerprint density at radius 1 is 0.955 bits per heavy atom. The molecule has 1 aromatic carbocycles. The highest BCUT2D eigenvalue weighted by atomic mass is 32.1. The van der Waals surface area contributed by atoms with Crippen LogP contribution in [0.4, 0.5) is 0 Å². The number of hydrogen-bond acceptors (Lipinski definition) is 4. The van der Waals surface area contributed by atoms with E-state index >= 15 is 0 Å². The van der Waals surface area contributed by atoms with Crippen LogP contribution in [0.3, 0.4) is 0 Å². The first-order valence-electron chi connectivity index (χ1n) is 8.28. The van der Waals surface area contributed by atoms with E-state index in [1.165, 1.54) is 47.5 Å². The second-order valence-electron chi connectivity index (χ2n) is 6.08. The standard InChI is InChI=1S/C18H21N3S/c1-3-8-14(9-4-1)18-19-15-10-7-11-16(17(15)22-18)20-21-12-5-2-6-13-21/h1,3-4,8-9H,2,5-7,10-13H2/b20-16-. The number of nitrogens with zero attached hydrogens (tertiary/aromatic N) is 3. The minimum absolute atomic E-state index is 1.09. The maximum atomic E-state index is 4.96. The van der Waals surface area contributed by atoms with E-state index in [4.69, 9.17) is 10.1 Å². The van der Waals surface area contributed by atoms with Crippen molar-refractivity contribution in [3.05, 3.63) is 40.9 Å². The number of hydrogen-bond donors (Lipinski definition) is 0. The average Bonchev–Trinajstić information content (AvgIpc) is 3.02. The zero-order valence-electron chi connectivity index (χ0n) is 12.8. The van der Waals surface area contributed by atoms with Gasteiger partial charge in [-0.1, -0.05) is 30.3 Å². The second kappa shape index (κ2) is 6.21. The van der Waals surface area contributed by atoms with E-state index in [0.717, 1.165) is 30.9 Å². The third-order valence-electron chi connectivity index (χ3n) is 4.40. The van der Waals surface area contributed by atoms with Gasteiger partial charge in [0, 0.05) is 18.7 Å². The van der Waals surface area contributed by atoms with Crippen molar-refractivity contribution < 1.29 is 0 Å². The fourth-order valence-corrected chi connectivity index (χ4v) is 4.36. The first-order valence-corrected chi connectivity index (χ1v) is 9.10. The zero-order chi connectivity index (χ0) is 14.8. The number of benzene rings is 1. The van der Waals surface area contributed by atoms with E-state index < -0.39 is 0 Å². The van der Waals surface area contributed by atoms with E-state index in [-0.39, 0.29) is 0 Å². The van der Waals surface area contributed by atoms with Crippen molar-refractivity contribution in [1.29, 1.82) is 0 Å². The van der Waals surface area contributed by atoms with Crippen molar-refractivity contribution >= 4 is 17.0 Å². The third kappa shape index (κ3) is 2.80. The number of aryl methyl sites for hydroxylation is 1. The van der Waals surface area contributed by atoms with Gasteiger partial charge in [0.1, 0.15) is 5.01 Å². The highest BCUT2D eigenvalue weighted by Crippen LogP contribution is 2.33. The van der Waals surface area contributed by atoms with Gasteiger partial charge in [0.15, 0.2) is 0 Å². The summed E-state index contributed by atoms with van der Waals surface area (Å²) in [6, 6.07) is 10.5. The lowest BCUT2D eigenvalue weighted by molar-refractivity contribution is 0.239. The molecule has 2 aliphatic rings. The van der Waals surface area contributed by atoms with E-state index in [2.05, 4.69) is 35.3 Å². The van der Waals surface area contributed by atoms with E-state index in [0.29, 0.717) is 0 Å². The lowest BCUT2D eigenvalue weighted by atomic mass is 10.0. The second-order valence-corrected chi connectivity index (χ2v) is 7.07. The van der Waals surface area contributed by atoms with Crippen LogP contribution in [0.15, 0.2) is 35.4 Å². The normalized spacial score (nSPS) is 20.2. The molecule has 4 rings (SSSR count). The predicted octanol–water partition coefficient (Wildman–Crippen LogP) is 4.34. The van der Waals surface area contributed by atoms with Crippen LogP contribution in [-0.2, 0) is 6.42 Å². The molecule has 0 spiro atoms. The summed E-state index contributed by atoms with van der Waals surface area (Å²) in [4.78, 5) is 6.21. The van der Waals surface area contributed by atoms with Crippen molar-refractivity contribution in [1.82, 2.24) is 9.99 Å². The summed E-state index contributed by atoms with van der Waals surface area (Å²) < 4.78 is 0. The Morgan fingerprint density at radius 2 is 1.77 bits per heavy atom. The molecule has 1 aromatic heterocycles. The van der Waals surface area contributed by atoms with Gasteiger partial charge in [-0.2, -0.15) is 5.10 Å². The Morgan fingerprint density at radius 3 is 2.59 bits per heavy atom.